The zero-order valence-electron chi connectivity index (χ0n) is 11.6. The van der Waals surface area contributed by atoms with Crippen molar-refractivity contribution < 1.29 is 8.94 Å². The number of hydrogen-bond donors (Lipinski definition) is 1. The Morgan fingerprint density at radius 1 is 1.20 bits per heavy atom. The van der Waals surface area contributed by atoms with Crippen LogP contribution in [0.2, 0.25) is 0 Å². The first-order chi connectivity index (χ1) is 9.68. The summed E-state index contributed by atoms with van der Waals surface area (Å²) in [5.41, 5.74) is 7.35. The van der Waals surface area contributed by atoms with E-state index in [0.29, 0.717) is 11.7 Å². The summed E-state index contributed by atoms with van der Waals surface area (Å²) in [6.45, 7) is 4.04. The third kappa shape index (κ3) is 1.91. The standard InChI is InChI=1S/C15H17N3O2/c1-3-15(16,4-2)14-17-13(20-18-14)11-9-19-12-8-6-5-7-10(11)12/h5-9H,3-4,16H2,1-2H3. The lowest BCUT2D eigenvalue weighted by atomic mass is 9.93. The van der Waals surface area contributed by atoms with Gasteiger partial charge in [-0.3, -0.25) is 0 Å². The molecule has 0 aliphatic heterocycles. The summed E-state index contributed by atoms with van der Waals surface area (Å²) in [6, 6.07) is 7.74. The maximum Gasteiger partial charge on any atom is 0.261 e. The molecule has 5 nitrogen and oxygen atoms in total. The average Bonchev–Trinajstić information content (AvgIpc) is 3.12. The largest absolute Gasteiger partial charge is 0.463 e. The van der Waals surface area contributed by atoms with E-state index >= 15 is 0 Å². The van der Waals surface area contributed by atoms with Gasteiger partial charge < -0.3 is 14.7 Å². The predicted octanol–water partition coefficient (Wildman–Crippen LogP) is 3.46. The Morgan fingerprint density at radius 3 is 2.70 bits per heavy atom. The van der Waals surface area contributed by atoms with Gasteiger partial charge in [-0.05, 0) is 18.9 Å². The van der Waals surface area contributed by atoms with Crippen LogP contribution < -0.4 is 5.73 Å². The summed E-state index contributed by atoms with van der Waals surface area (Å²) in [6.07, 6.45) is 3.15. The van der Waals surface area contributed by atoms with Crippen molar-refractivity contribution in [1.29, 1.82) is 0 Å². The average molecular weight is 271 g/mol. The second-order valence-electron chi connectivity index (χ2n) is 4.93. The fraction of sp³-hybridized carbons (Fsp3) is 0.333. The highest BCUT2D eigenvalue weighted by atomic mass is 16.5. The Morgan fingerprint density at radius 2 is 1.95 bits per heavy atom. The van der Waals surface area contributed by atoms with Gasteiger partial charge in [0.2, 0.25) is 0 Å². The lowest BCUT2D eigenvalue weighted by molar-refractivity contribution is 0.350. The van der Waals surface area contributed by atoms with Gasteiger partial charge in [-0.15, -0.1) is 0 Å². The first kappa shape index (κ1) is 12.9. The normalized spacial score (nSPS) is 12.2. The highest BCUT2D eigenvalue weighted by Crippen LogP contribution is 2.31. The van der Waals surface area contributed by atoms with E-state index in [1.807, 2.05) is 38.1 Å². The molecule has 1 aromatic carbocycles. The summed E-state index contributed by atoms with van der Waals surface area (Å²) in [7, 11) is 0. The molecular formula is C15H17N3O2. The zero-order chi connectivity index (χ0) is 14.2. The summed E-state index contributed by atoms with van der Waals surface area (Å²) >= 11 is 0. The predicted molar refractivity (Wildman–Crippen MR) is 76.0 cm³/mol. The summed E-state index contributed by atoms with van der Waals surface area (Å²) < 4.78 is 10.9. The van der Waals surface area contributed by atoms with Crippen LogP contribution >= 0.6 is 0 Å². The molecule has 0 spiro atoms. The molecule has 0 radical (unpaired) electrons. The maximum atomic E-state index is 6.29. The van der Waals surface area contributed by atoms with Crippen LogP contribution in [-0.2, 0) is 5.54 Å². The fourth-order valence-corrected chi connectivity index (χ4v) is 2.24. The molecule has 3 rings (SSSR count). The Hall–Kier alpha value is -2.14. The van der Waals surface area contributed by atoms with Crippen LogP contribution in [0.3, 0.4) is 0 Å². The van der Waals surface area contributed by atoms with E-state index in [9.17, 15) is 0 Å². The molecule has 0 unspecified atom stereocenters. The van der Waals surface area contributed by atoms with Gasteiger partial charge in [-0.1, -0.05) is 37.2 Å². The summed E-state index contributed by atoms with van der Waals surface area (Å²) in [5, 5.41) is 5.00. The van der Waals surface area contributed by atoms with Crippen molar-refractivity contribution >= 4 is 11.0 Å². The highest BCUT2D eigenvalue weighted by molar-refractivity contribution is 5.91. The van der Waals surface area contributed by atoms with Crippen molar-refractivity contribution in [3.8, 4) is 11.5 Å². The van der Waals surface area contributed by atoms with E-state index in [1.165, 1.54) is 0 Å². The number of para-hydroxylation sites is 1. The zero-order valence-corrected chi connectivity index (χ0v) is 11.6. The van der Waals surface area contributed by atoms with Gasteiger partial charge in [0, 0.05) is 5.39 Å². The summed E-state index contributed by atoms with van der Waals surface area (Å²) in [4.78, 5) is 4.45. The molecule has 104 valence electrons. The topological polar surface area (TPSA) is 78.1 Å². The molecule has 20 heavy (non-hydrogen) atoms. The van der Waals surface area contributed by atoms with Crippen molar-refractivity contribution in [2.24, 2.45) is 5.73 Å². The van der Waals surface area contributed by atoms with Gasteiger partial charge in [0.25, 0.3) is 5.89 Å². The first-order valence-electron chi connectivity index (χ1n) is 6.77. The van der Waals surface area contributed by atoms with E-state index in [2.05, 4.69) is 10.1 Å². The minimum absolute atomic E-state index is 0.446. The SMILES string of the molecule is CCC(N)(CC)c1noc(-c2coc3ccccc23)n1. The Kier molecular flexibility index (Phi) is 3.06. The van der Waals surface area contributed by atoms with Gasteiger partial charge >= 0.3 is 0 Å². The van der Waals surface area contributed by atoms with Crippen LogP contribution in [0.1, 0.15) is 32.5 Å². The minimum atomic E-state index is -0.540. The van der Waals surface area contributed by atoms with Crippen molar-refractivity contribution in [3.05, 3.63) is 36.4 Å². The highest BCUT2D eigenvalue weighted by Gasteiger charge is 2.29. The number of rotatable bonds is 4. The molecule has 2 aromatic heterocycles. The number of hydrogen-bond acceptors (Lipinski definition) is 5. The third-order valence-electron chi connectivity index (χ3n) is 3.84. The molecule has 5 heteroatoms. The van der Waals surface area contributed by atoms with Gasteiger partial charge in [0.1, 0.15) is 11.8 Å². The second-order valence-corrected chi connectivity index (χ2v) is 4.93. The lowest BCUT2D eigenvalue weighted by Crippen LogP contribution is -2.36. The van der Waals surface area contributed by atoms with E-state index in [0.717, 1.165) is 29.4 Å². The van der Waals surface area contributed by atoms with Gasteiger partial charge in [-0.2, -0.15) is 4.98 Å². The van der Waals surface area contributed by atoms with E-state index < -0.39 is 5.54 Å². The monoisotopic (exact) mass is 271 g/mol. The molecule has 2 heterocycles. The minimum Gasteiger partial charge on any atom is -0.463 e. The molecule has 0 bridgehead atoms. The molecule has 0 saturated carbocycles. The van der Waals surface area contributed by atoms with E-state index in [4.69, 9.17) is 14.7 Å². The van der Waals surface area contributed by atoms with Crippen LogP contribution in [0.15, 0.2) is 39.5 Å². The van der Waals surface area contributed by atoms with Gasteiger partial charge in [0.15, 0.2) is 5.82 Å². The van der Waals surface area contributed by atoms with E-state index in [-0.39, 0.29) is 0 Å². The molecule has 3 aromatic rings. The van der Waals surface area contributed by atoms with Crippen molar-refractivity contribution in [2.45, 2.75) is 32.2 Å². The number of benzene rings is 1. The third-order valence-corrected chi connectivity index (χ3v) is 3.84. The Labute approximate surface area is 116 Å². The lowest BCUT2D eigenvalue weighted by Gasteiger charge is -2.21. The number of nitrogens with two attached hydrogens (primary N) is 1. The first-order valence-corrected chi connectivity index (χ1v) is 6.77. The van der Waals surface area contributed by atoms with Crippen LogP contribution in [0, 0.1) is 0 Å². The van der Waals surface area contributed by atoms with E-state index in [1.54, 1.807) is 6.26 Å². The molecule has 0 aliphatic carbocycles. The summed E-state index contributed by atoms with van der Waals surface area (Å²) in [5.74, 6) is 0.990. The molecule has 0 amide bonds. The van der Waals surface area contributed by atoms with Gasteiger partial charge in [0.05, 0.1) is 11.1 Å². The molecule has 0 saturated heterocycles. The van der Waals surface area contributed by atoms with Gasteiger partial charge in [-0.25, -0.2) is 0 Å². The fourth-order valence-electron chi connectivity index (χ4n) is 2.24. The van der Waals surface area contributed by atoms with Crippen LogP contribution in [0.5, 0.6) is 0 Å². The van der Waals surface area contributed by atoms with Crippen molar-refractivity contribution in [3.63, 3.8) is 0 Å². The number of fused-ring (bicyclic) bond motifs is 1. The molecule has 0 fully saturated rings. The van der Waals surface area contributed by atoms with Crippen LogP contribution in [0.25, 0.3) is 22.4 Å². The molecular weight excluding hydrogens is 254 g/mol. The quantitative estimate of drug-likeness (QED) is 0.786. The smallest absolute Gasteiger partial charge is 0.261 e. The number of nitrogens with zero attached hydrogens (tertiary/aromatic N) is 2. The van der Waals surface area contributed by atoms with Crippen LogP contribution in [0.4, 0.5) is 0 Å². The maximum absolute atomic E-state index is 6.29. The van der Waals surface area contributed by atoms with Crippen molar-refractivity contribution in [2.75, 3.05) is 0 Å². The number of furan rings is 1. The van der Waals surface area contributed by atoms with Crippen molar-refractivity contribution in [1.82, 2.24) is 10.1 Å². The molecule has 0 aliphatic rings. The second kappa shape index (κ2) is 4.76. The Balaban J connectivity index is 2.06. The molecule has 0 atom stereocenters. The van der Waals surface area contributed by atoms with Crippen LogP contribution in [-0.4, -0.2) is 10.1 Å². The molecule has 2 N–H and O–H groups in total. The number of aromatic nitrogens is 2. The Bertz CT molecular complexity index is 725.